The Morgan fingerprint density at radius 1 is 0.781 bits per heavy atom. The maximum atomic E-state index is 12.8. The summed E-state index contributed by atoms with van der Waals surface area (Å²) >= 11 is 0. The smallest absolute Gasteiger partial charge is 0.318 e. The van der Waals surface area contributed by atoms with Gasteiger partial charge in [0.15, 0.2) is 0 Å². The first-order chi connectivity index (χ1) is 15.6. The quantitative estimate of drug-likeness (QED) is 0.388. The van der Waals surface area contributed by atoms with Crippen LogP contribution in [0, 0.1) is 11.8 Å². The Balaban J connectivity index is 1.72. The highest BCUT2D eigenvalue weighted by Crippen LogP contribution is 2.49. The molecule has 0 N–H and O–H groups in total. The Morgan fingerprint density at radius 3 is 1.88 bits per heavy atom. The fraction of sp³-hybridized carbons (Fsp3) is 0.172. The molecule has 0 saturated carbocycles. The van der Waals surface area contributed by atoms with Crippen molar-refractivity contribution in [3.05, 3.63) is 125 Å². The Hall–Kier alpha value is -3.72. The Kier molecular flexibility index (Phi) is 5.32. The molecule has 0 radical (unpaired) electrons. The molecule has 3 heteroatoms. The van der Waals surface area contributed by atoms with E-state index >= 15 is 0 Å². The molecule has 2 aliphatic rings. The number of cyclic esters (lactones) is 2. The van der Waals surface area contributed by atoms with E-state index in [0.29, 0.717) is 6.42 Å². The largest absolute Gasteiger partial charge is 0.393 e. The van der Waals surface area contributed by atoms with Crippen molar-refractivity contribution in [2.45, 2.75) is 19.3 Å². The maximum absolute atomic E-state index is 12.8. The van der Waals surface area contributed by atoms with E-state index in [1.54, 1.807) is 0 Å². The third-order valence-electron chi connectivity index (χ3n) is 6.55. The van der Waals surface area contributed by atoms with Gasteiger partial charge in [0.05, 0.1) is 11.8 Å². The number of ether oxygens (including phenoxy) is 1. The van der Waals surface area contributed by atoms with Crippen molar-refractivity contribution in [1.29, 1.82) is 0 Å². The Labute approximate surface area is 188 Å². The number of carbonyl (C=O) groups is 2. The molecule has 1 fully saturated rings. The minimum atomic E-state index is -0.493. The number of hydrogen-bond acceptors (Lipinski definition) is 3. The van der Waals surface area contributed by atoms with Crippen LogP contribution >= 0.6 is 0 Å². The van der Waals surface area contributed by atoms with Crippen LogP contribution in [0.1, 0.15) is 36.0 Å². The summed E-state index contributed by atoms with van der Waals surface area (Å²) in [6.07, 6.45) is 2.76. The van der Waals surface area contributed by atoms with E-state index in [0.717, 1.165) is 33.4 Å². The number of carbonyl (C=O) groups excluding carboxylic acids is 2. The van der Waals surface area contributed by atoms with Gasteiger partial charge < -0.3 is 4.74 Å². The first-order valence-corrected chi connectivity index (χ1v) is 11.0. The predicted molar refractivity (Wildman–Crippen MR) is 125 cm³/mol. The van der Waals surface area contributed by atoms with Crippen LogP contribution in [-0.4, -0.2) is 11.9 Å². The zero-order chi connectivity index (χ0) is 22.1. The number of esters is 2. The summed E-state index contributed by atoms with van der Waals surface area (Å²) in [4.78, 5) is 25.2. The molecule has 0 unspecified atom stereocenters. The summed E-state index contributed by atoms with van der Waals surface area (Å²) in [7, 11) is 0. The summed E-state index contributed by atoms with van der Waals surface area (Å²) in [5.74, 6) is -1.94. The number of benzene rings is 3. The minimum absolute atomic E-state index is 0.226. The Morgan fingerprint density at radius 2 is 1.31 bits per heavy atom. The van der Waals surface area contributed by atoms with Crippen LogP contribution in [0.4, 0.5) is 0 Å². The standard InChI is InChI=1S/C29H24O3/c1-19-17-25-27(29(31)32-28(25)30)26(22-15-9-4-10-16-22)23(19)18-24(20-11-5-2-6-12-20)21-13-7-3-8-14-21/h2-16,18,25-27H,17H2,1H3/t25-,26+,27-/m1/s1. The zero-order valence-electron chi connectivity index (χ0n) is 17.9. The molecule has 3 aromatic rings. The van der Waals surface area contributed by atoms with Crippen molar-refractivity contribution in [3.8, 4) is 0 Å². The third-order valence-corrected chi connectivity index (χ3v) is 6.55. The number of fused-ring (bicyclic) bond motifs is 1. The van der Waals surface area contributed by atoms with Gasteiger partial charge in [0.1, 0.15) is 0 Å². The molecule has 1 heterocycles. The van der Waals surface area contributed by atoms with E-state index in [2.05, 4.69) is 37.3 Å². The highest BCUT2D eigenvalue weighted by atomic mass is 16.6. The van der Waals surface area contributed by atoms with Crippen LogP contribution < -0.4 is 0 Å². The molecule has 1 aliphatic heterocycles. The lowest BCUT2D eigenvalue weighted by Gasteiger charge is -2.33. The van der Waals surface area contributed by atoms with Gasteiger partial charge in [0.25, 0.3) is 0 Å². The van der Waals surface area contributed by atoms with E-state index in [1.807, 2.05) is 66.7 Å². The van der Waals surface area contributed by atoms with E-state index in [-0.39, 0.29) is 5.92 Å². The van der Waals surface area contributed by atoms with Crippen LogP contribution in [0.5, 0.6) is 0 Å². The van der Waals surface area contributed by atoms with Crippen LogP contribution in [0.15, 0.2) is 108 Å². The number of hydrogen-bond donors (Lipinski definition) is 0. The number of allylic oxidation sites excluding steroid dienone is 3. The first kappa shape index (κ1) is 20.2. The second kappa shape index (κ2) is 8.43. The van der Waals surface area contributed by atoms with Crippen molar-refractivity contribution in [2.24, 2.45) is 11.8 Å². The SMILES string of the molecule is CC1=C(C=C(c2ccccc2)c2ccccc2)[C@H](c2ccccc2)[C@@H]2C(=O)OC(=O)[C@@H]2C1. The van der Waals surface area contributed by atoms with E-state index < -0.39 is 23.8 Å². The van der Waals surface area contributed by atoms with Gasteiger partial charge in [0.2, 0.25) is 0 Å². The summed E-state index contributed by atoms with van der Waals surface area (Å²) in [5.41, 5.74) is 6.55. The molecule has 32 heavy (non-hydrogen) atoms. The molecule has 0 amide bonds. The normalized spacial score (nSPS) is 22.3. The van der Waals surface area contributed by atoms with Gasteiger partial charge >= 0.3 is 11.9 Å². The van der Waals surface area contributed by atoms with Gasteiger partial charge in [-0.25, -0.2) is 0 Å². The molecular weight excluding hydrogens is 396 g/mol. The van der Waals surface area contributed by atoms with Crippen molar-refractivity contribution >= 4 is 17.5 Å². The minimum Gasteiger partial charge on any atom is -0.393 e. The van der Waals surface area contributed by atoms with Crippen molar-refractivity contribution in [2.75, 3.05) is 0 Å². The maximum Gasteiger partial charge on any atom is 0.318 e. The molecule has 0 spiro atoms. The summed E-state index contributed by atoms with van der Waals surface area (Å²) < 4.78 is 5.11. The van der Waals surface area contributed by atoms with Crippen LogP contribution in [0.3, 0.4) is 0 Å². The van der Waals surface area contributed by atoms with Crippen LogP contribution in [-0.2, 0) is 14.3 Å². The van der Waals surface area contributed by atoms with Crippen LogP contribution in [0.25, 0.3) is 5.57 Å². The molecule has 3 aromatic carbocycles. The molecule has 5 rings (SSSR count). The van der Waals surface area contributed by atoms with Crippen molar-refractivity contribution in [3.63, 3.8) is 0 Å². The average molecular weight is 421 g/mol. The highest BCUT2D eigenvalue weighted by Gasteiger charge is 2.52. The topological polar surface area (TPSA) is 43.4 Å². The molecule has 1 aliphatic carbocycles. The third kappa shape index (κ3) is 3.60. The lowest BCUT2D eigenvalue weighted by Crippen LogP contribution is -2.30. The fourth-order valence-corrected chi connectivity index (χ4v) is 5.02. The van der Waals surface area contributed by atoms with E-state index in [4.69, 9.17) is 4.74 Å². The van der Waals surface area contributed by atoms with Gasteiger partial charge in [-0.1, -0.05) is 96.6 Å². The molecule has 0 bridgehead atoms. The van der Waals surface area contributed by atoms with Crippen molar-refractivity contribution in [1.82, 2.24) is 0 Å². The second-order valence-electron chi connectivity index (χ2n) is 8.49. The monoisotopic (exact) mass is 420 g/mol. The zero-order valence-corrected chi connectivity index (χ0v) is 17.9. The lowest BCUT2D eigenvalue weighted by atomic mass is 9.67. The molecule has 3 atom stereocenters. The number of rotatable bonds is 4. The summed E-state index contributed by atoms with van der Waals surface area (Å²) in [6, 6.07) is 30.6. The molecule has 0 aromatic heterocycles. The first-order valence-electron chi connectivity index (χ1n) is 11.0. The molecule has 3 nitrogen and oxygen atoms in total. The summed E-state index contributed by atoms with van der Waals surface area (Å²) in [5, 5.41) is 0. The molecule has 1 saturated heterocycles. The van der Waals surface area contributed by atoms with Gasteiger partial charge in [-0.3, -0.25) is 9.59 Å². The van der Waals surface area contributed by atoms with Gasteiger partial charge in [0, 0.05) is 5.92 Å². The van der Waals surface area contributed by atoms with Gasteiger partial charge in [-0.05, 0) is 47.3 Å². The predicted octanol–water partition coefficient (Wildman–Crippen LogP) is 5.94. The van der Waals surface area contributed by atoms with Crippen LogP contribution in [0.2, 0.25) is 0 Å². The average Bonchev–Trinajstić information content (AvgIpc) is 3.11. The van der Waals surface area contributed by atoms with Crippen molar-refractivity contribution < 1.29 is 14.3 Å². The fourth-order valence-electron chi connectivity index (χ4n) is 5.02. The molecular formula is C29H24O3. The molecule has 158 valence electrons. The second-order valence-corrected chi connectivity index (χ2v) is 8.49. The highest BCUT2D eigenvalue weighted by molar-refractivity contribution is 5.98. The van der Waals surface area contributed by atoms with E-state index in [9.17, 15) is 9.59 Å². The van der Waals surface area contributed by atoms with Gasteiger partial charge in [-0.15, -0.1) is 0 Å². The van der Waals surface area contributed by atoms with Gasteiger partial charge in [-0.2, -0.15) is 0 Å². The Bertz CT molecular complexity index is 1170. The summed E-state index contributed by atoms with van der Waals surface area (Å²) in [6.45, 7) is 2.07. The van der Waals surface area contributed by atoms with E-state index in [1.165, 1.54) is 0 Å². The lowest BCUT2D eigenvalue weighted by molar-refractivity contribution is -0.153.